The van der Waals surface area contributed by atoms with Crippen LogP contribution in [-0.4, -0.2) is 107 Å². The number of rotatable bonds is 5. The standard InChI is InChI=1S/C15H27N3O5/c1-10-4-18(5-11(2)23-10)14(20)8-17-6-12(13(19)7-17)16(3)9-15(21)22/h10-13,19H,4-9H2,1-3H3,(H,21,22)/t10-,11-,12+,13-/m1/s1. The molecule has 2 N–H and O–H groups in total. The molecule has 0 aromatic carbocycles. The number of carbonyl (C=O) groups is 2. The molecule has 2 fully saturated rings. The number of carbonyl (C=O) groups excluding carboxylic acids is 1. The van der Waals surface area contributed by atoms with Crippen molar-refractivity contribution in [2.45, 2.75) is 38.2 Å². The minimum absolute atomic E-state index is 0.0285. The zero-order valence-corrected chi connectivity index (χ0v) is 14.0. The summed E-state index contributed by atoms with van der Waals surface area (Å²) in [6.45, 7) is 6.07. The maximum atomic E-state index is 12.4. The Hall–Kier alpha value is -1.22. The number of morpholine rings is 1. The number of carboxylic acid groups (broad SMARTS) is 1. The Morgan fingerprint density at radius 3 is 2.35 bits per heavy atom. The molecule has 8 heteroatoms. The Labute approximate surface area is 136 Å². The van der Waals surface area contributed by atoms with Crippen LogP contribution in [0.4, 0.5) is 0 Å². The van der Waals surface area contributed by atoms with Crippen LogP contribution in [0.15, 0.2) is 0 Å². The van der Waals surface area contributed by atoms with Crippen LogP contribution in [0.25, 0.3) is 0 Å². The van der Waals surface area contributed by atoms with Gasteiger partial charge in [-0.1, -0.05) is 0 Å². The van der Waals surface area contributed by atoms with Crippen molar-refractivity contribution in [1.29, 1.82) is 0 Å². The van der Waals surface area contributed by atoms with Gasteiger partial charge in [-0.05, 0) is 20.9 Å². The Morgan fingerprint density at radius 1 is 1.17 bits per heavy atom. The van der Waals surface area contributed by atoms with E-state index in [1.165, 1.54) is 0 Å². The Kier molecular flexibility index (Phi) is 5.96. The number of β-amino-alcohol motifs (C(OH)–C–C–N with tert-alkyl or cyclic N) is 1. The van der Waals surface area contributed by atoms with Crippen LogP contribution in [0, 0.1) is 0 Å². The van der Waals surface area contributed by atoms with Crippen LogP contribution >= 0.6 is 0 Å². The first-order valence-electron chi connectivity index (χ1n) is 8.02. The Balaban J connectivity index is 1.86. The number of hydrogen-bond acceptors (Lipinski definition) is 6. The summed E-state index contributed by atoms with van der Waals surface area (Å²) < 4.78 is 5.63. The largest absolute Gasteiger partial charge is 0.480 e. The number of aliphatic hydroxyl groups is 1. The molecule has 0 aliphatic carbocycles. The number of aliphatic hydroxyl groups excluding tert-OH is 1. The fraction of sp³-hybridized carbons (Fsp3) is 0.867. The number of hydrogen-bond donors (Lipinski definition) is 2. The van der Waals surface area contributed by atoms with Gasteiger partial charge in [0.15, 0.2) is 0 Å². The molecule has 2 saturated heterocycles. The lowest BCUT2D eigenvalue weighted by Gasteiger charge is -2.36. The molecule has 0 bridgehead atoms. The van der Waals surface area contributed by atoms with Gasteiger partial charge in [-0.3, -0.25) is 19.4 Å². The average Bonchev–Trinajstić information content (AvgIpc) is 2.77. The summed E-state index contributed by atoms with van der Waals surface area (Å²) in [7, 11) is 1.68. The topological polar surface area (TPSA) is 93.6 Å². The second-order valence-corrected chi connectivity index (χ2v) is 6.69. The highest BCUT2D eigenvalue weighted by Crippen LogP contribution is 2.16. The molecule has 2 aliphatic rings. The highest BCUT2D eigenvalue weighted by atomic mass is 16.5. The molecule has 0 spiro atoms. The normalized spacial score (nSPS) is 32.5. The molecule has 0 unspecified atom stereocenters. The molecule has 0 aromatic heterocycles. The van der Waals surface area contributed by atoms with Gasteiger partial charge >= 0.3 is 5.97 Å². The number of likely N-dealkylation sites (N-methyl/N-ethyl adjacent to an activating group) is 1. The molecule has 2 aliphatic heterocycles. The molecule has 2 rings (SSSR count). The maximum absolute atomic E-state index is 12.4. The third kappa shape index (κ3) is 4.87. The number of carboxylic acids is 1. The summed E-state index contributed by atoms with van der Waals surface area (Å²) in [4.78, 5) is 28.6. The first-order valence-corrected chi connectivity index (χ1v) is 8.02. The summed E-state index contributed by atoms with van der Waals surface area (Å²) >= 11 is 0. The quantitative estimate of drug-likeness (QED) is 0.646. The monoisotopic (exact) mass is 329 g/mol. The van der Waals surface area contributed by atoms with E-state index in [0.29, 0.717) is 26.2 Å². The highest BCUT2D eigenvalue weighted by molar-refractivity contribution is 5.78. The molecule has 1 amide bonds. The average molecular weight is 329 g/mol. The van der Waals surface area contributed by atoms with Crippen molar-refractivity contribution >= 4 is 11.9 Å². The molecule has 0 radical (unpaired) electrons. The first-order chi connectivity index (χ1) is 10.8. The van der Waals surface area contributed by atoms with Crippen molar-refractivity contribution in [2.24, 2.45) is 0 Å². The molecule has 0 aromatic rings. The smallest absolute Gasteiger partial charge is 0.317 e. The number of likely N-dealkylation sites (tertiary alicyclic amines) is 1. The molecule has 23 heavy (non-hydrogen) atoms. The molecule has 0 saturated carbocycles. The molecule has 132 valence electrons. The maximum Gasteiger partial charge on any atom is 0.317 e. The van der Waals surface area contributed by atoms with E-state index in [1.807, 2.05) is 18.7 Å². The summed E-state index contributed by atoms with van der Waals surface area (Å²) in [5, 5.41) is 19.0. The summed E-state index contributed by atoms with van der Waals surface area (Å²) in [6.07, 6.45) is -0.586. The van der Waals surface area contributed by atoms with Crippen molar-refractivity contribution < 1.29 is 24.5 Å². The van der Waals surface area contributed by atoms with E-state index < -0.39 is 12.1 Å². The highest BCUT2D eigenvalue weighted by Gasteiger charge is 2.36. The van der Waals surface area contributed by atoms with Crippen LogP contribution in [-0.2, 0) is 14.3 Å². The van der Waals surface area contributed by atoms with E-state index in [2.05, 4.69) is 0 Å². The summed E-state index contributed by atoms with van der Waals surface area (Å²) in [6, 6.07) is -0.263. The Bertz CT molecular complexity index is 437. The lowest BCUT2D eigenvalue weighted by molar-refractivity contribution is -0.144. The molecule has 8 nitrogen and oxygen atoms in total. The van der Waals surface area contributed by atoms with E-state index >= 15 is 0 Å². The second-order valence-electron chi connectivity index (χ2n) is 6.69. The zero-order valence-electron chi connectivity index (χ0n) is 14.0. The number of nitrogens with zero attached hydrogens (tertiary/aromatic N) is 3. The second kappa shape index (κ2) is 7.57. The molecular weight excluding hydrogens is 302 g/mol. The van der Waals surface area contributed by atoms with Gasteiger partial charge in [0.05, 0.1) is 31.4 Å². The van der Waals surface area contributed by atoms with Gasteiger partial charge < -0.3 is 19.8 Å². The third-order valence-corrected chi connectivity index (χ3v) is 4.42. The van der Waals surface area contributed by atoms with Crippen LogP contribution in [0.1, 0.15) is 13.8 Å². The lowest BCUT2D eigenvalue weighted by Crippen LogP contribution is -2.51. The van der Waals surface area contributed by atoms with Crippen LogP contribution < -0.4 is 0 Å². The van der Waals surface area contributed by atoms with E-state index in [9.17, 15) is 14.7 Å². The minimum atomic E-state index is -0.925. The minimum Gasteiger partial charge on any atom is -0.480 e. The zero-order chi connectivity index (χ0) is 17.1. The molecule has 2 heterocycles. The van der Waals surface area contributed by atoms with Gasteiger partial charge in [0.1, 0.15) is 0 Å². The van der Waals surface area contributed by atoms with Crippen molar-refractivity contribution in [3.05, 3.63) is 0 Å². The molecule has 4 atom stereocenters. The fourth-order valence-corrected chi connectivity index (χ4v) is 3.41. The lowest BCUT2D eigenvalue weighted by atomic mass is 10.2. The van der Waals surface area contributed by atoms with Crippen molar-refractivity contribution in [3.8, 4) is 0 Å². The number of ether oxygens (including phenoxy) is 1. The van der Waals surface area contributed by atoms with Gasteiger partial charge in [0, 0.05) is 32.2 Å². The van der Waals surface area contributed by atoms with Crippen molar-refractivity contribution in [2.75, 3.05) is 46.3 Å². The summed E-state index contributed by atoms with van der Waals surface area (Å²) in [5.74, 6) is -0.897. The van der Waals surface area contributed by atoms with Gasteiger partial charge in [0.25, 0.3) is 0 Å². The number of amides is 1. The van der Waals surface area contributed by atoms with E-state index in [4.69, 9.17) is 9.84 Å². The van der Waals surface area contributed by atoms with E-state index in [0.717, 1.165) is 0 Å². The van der Waals surface area contributed by atoms with Gasteiger partial charge in [-0.2, -0.15) is 0 Å². The van der Waals surface area contributed by atoms with Crippen LogP contribution in [0.5, 0.6) is 0 Å². The molecular formula is C15H27N3O5. The third-order valence-electron chi connectivity index (χ3n) is 4.42. The fourth-order valence-electron chi connectivity index (χ4n) is 3.41. The van der Waals surface area contributed by atoms with Gasteiger partial charge in [0.2, 0.25) is 5.91 Å². The van der Waals surface area contributed by atoms with Gasteiger partial charge in [-0.25, -0.2) is 0 Å². The van der Waals surface area contributed by atoms with Crippen molar-refractivity contribution in [3.63, 3.8) is 0 Å². The van der Waals surface area contributed by atoms with Crippen LogP contribution in [0.3, 0.4) is 0 Å². The summed E-state index contributed by atoms with van der Waals surface area (Å²) in [5.41, 5.74) is 0. The van der Waals surface area contributed by atoms with E-state index in [-0.39, 0.29) is 37.2 Å². The van der Waals surface area contributed by atoms with Crippen molar-refractivity contribution in [1.82, 2.24) is 14.7 Å². The first kappa shape index (κ1) is 18.1. The predicted molar refractivity (Wildman–Crippen MR) is 83.1 cm³/mol. The number of aliphatic carboxylic acids is 1. The predicted octanol–water partition coefficient (Wildman–Crippen LogP) is -1.32. The van der Waals surface area contributed by atoms with Gasteiger partial charge in [-0.15, -0.1) is 0 Å². The van der Waals surface area contributed by atoms with E-state index in [1.54, 1.807) is 16.8 Å². The Morgan fingerprint density at radius 2 is 1.78 bits per heavy atom. The SMILES string of the molecule is C[C@@H]1CN(C(=O)CN2C[C@@H](O)[C@@H](N(C)CC(=O)O)C2)C[C@@H](C)O1. The van der Waals surface area contributed by atoms with Crippen LogP contribution in [0.2, 0.25) is 0 Å².